The molecule has 2 aromatic rings. The minimum Gasteiger partial charge on any atom is -0.508 e. The van der Waals surface area contributed by atoms with E-state index in [2.05, 4.69) is 4.90 Å². The zero-order valence-corrected chi connectivity index (χ0v) is 17.5. The van der Waals surface area contributed by atoms with Crippen LogP contribution in [0.1, 0.15) is 55.6 Å². The lowest BCUT2D eigenvalue weighted by Gasteiger charge is -2.40. The summed E-state index contributed by atoms with van der Waals surface area (Å²) in [4.78, 5) is 17.8. The predicted octanol–water partition coefficient (Wildman–Crippen LogP) is 4.10. The fraction of sp³-hybridized carbons (Fsp3) is 0.480. The Hall–Kier alpha value is -2.53. The van der Waals surface area contributed by atoms with Gasteiger partial charge in [-0.3, -0.25) is 4.79 Å². The number of phenols is 2. The number of benzene rings is 2. The third-order valence-corrected chi connectivity index (χ3v) is 6.67. The molecule has 30 heavy (non-hydrogen) atoms. The number of carbonyl (C=O) groups is 1. The summed E-state index contributed by atoms with van der Waals surface area (Å²) >= 11 is 0. The van der Waals surface area contributed by atoms with Crippen LogP contribution in [0.4, 0.5) is 0 Å². The number of hydrogen-bond donors (Lipinski definition) is 2. The van der Waals surface area contributed by atoms with E-state index in [-0.39, 0.29) is 23.3 Å². The molecule has 2 saturated heterocycles. The fourth-order valence-corrected chi connectivity index (χ4v) is 4.94. The van der Waals surface area contributed by atoms with Gasteiger partial charge < -0.3 is 20.0 Å². The van der Waals surface area contributed by atoms with Crippen molar-refractivity contribution in [3.63, 3.8) is 0 Å². The summed E-state index contributed by atoms with van der Waals surface area (Å²) < 4.78 is 0. The SMILES string of the molecule is O=C(CC(c1ccc(O)cc1)c1cccc(O)c1)N1CCC(N2CCCCC2)CC1. The molecule has 0 radical (unpaired) electrons. The van der Waals surface area contributed by atoms with Crippen molar-refractivity contribution < 1.29 is 15.0 Å². The van der Waals surface area contributed by atoms with Gasteiger partial charge in [0.05, 0.1) is 0 Å². The Morgan fingerprint density at radius 2 is 1.57 bits per heavy atom. The van der Waals surface area contributed by atoms with Crippen LogP contribution in [0.3, 0.4) is 0 Å². The van der Waals surface area contributed by atoms with Crippen LogP contribution in [-0.4, -0.2) is 58.1 Å². The van der Waals surface area contributed by atoms with Crippen LogP contribution in [0.15, 0.2) is 48.5 Å². The summed E-state index contributed by atoms with van der Waals surface area (Å²) in [6.45, 7) is 4.06. The molecule has 0 spiro atoms. The Morgan fingerprint density at radius 1 is 0.867 bits per heavy atom. The summed E-state index contributed by atoms with van der Waals surface area (Å²) in [5.74, 6) is 0.420. The Bertz CT molecular complexity index is 838. The average molecular weight is 409 g/mol. The molecule has 2 N–H and O–H groups in total. The van der Waals surface area contributed by atoms with Crippen LogP contribution < -0.4 is 0 Å². The van der Waals surface area contributed by atoms with Crippen molar-refractivity contribution in [2.24, 2.45) is 0 Å². The summed E-state index contributed by atoms with van der Waals surface area (Å²) in [5, 5.41) is 19.6. The molecule has 2 heterocycles. The van der Waals surface area contributed by atoms with Crippen molar-refractivity contribution in [2.45, 2.75) is 50.5 Å². The first kappa shape index (κ1) is 20.7. The van der Waals surface area contributed by atoms with Crippen LogP contribution in [0.5, 0.6) is 11.5 Å². The van der Waals surface area contributed by atoms with E-state index in [1.807, 2.05) is 29.2 Å². The summed E-state index contributed by atoms with van der Waals surface area (Å²) in [6, 6.07) is 14.8. The maximum atomic E-state index is 13.2. The van der Waals surface area contributed by atoms with E-state index in [9.17, 15) is 15.0 Å². The highest BCUT2D eigenvalue weighted by Crippen LogP contribution is 2.32. The molecule has 0 aromatic heterocycles. The molecule has 1 amide bonds. The van der Waals surface area contributed by atoms with Gasteiger partial charge in [-0.1, -0.05) is 30.7 Å². The molecule has 160 valence electrons. The third kappa shape index (κ3) is 4.96. The topological polar surface area (TPSA) is 64.0 Å². The molecule has 0 bridgehead atoms. The van der Waals surface area contributed by atoms with Gasteiger partial charge in [0, 0.05) is 31.5 Å². The maximum absolute atomic E-state index is 13.2. The van der Waals surface area contributed by atoms with Gasteiger partial charge in [-0.15, -0.1) is 0 Å². The highest BCUT2D eigenvalue weighted by atomic mass is 16.3. The normalized spacial score (nSPS) is 19.5. The second-order valence-corrected chi connectivity index (χ2v) is 8.65. The molecule has 2 fully saturated rings. The highest BCUT2D eigenvalue weighted by Gasteiger charge is 2.29. The first-order valence-corrected chi connectivity index (χ1v) is 11.2. The standard InChI is InChI=1S/C25H32N2O3/c28-22-9-7-19(8-10-22)24(20-5-4-6-23(29)17-20)18-25(30)27-15-11-21(12-16-27)26-13-2-1-3-14-26/h4-10,17,21,24,28-29H,1-3,11-16,18H2. The van der Waals surface area contributed by atoms with Gasteiger partial charge in [0.15, 0.2) is 0 Å². The number of phenolic OH excluding ortho intramolecular Hbond substituents is 2. The second kappa shape index (κ2) is 9.52. The third-order valence-electron chi connectivity index (χ3n) is 6.67. The van der Waals surface area contributed by atoms with Gasteiger partial charge in [0.25, 0.3) is 0 Å². The molecule has 5 nitrogen and oxygen atoms in total. The lowest BCUT2D eigenvalue weighted by atomic mass is 9.87. The van der Waals surface area contributed by atoms with E-state index >= 15 is 0 Å². The zero-order valence-electron chi connectivity index (χ0n) is 17.5. The zero-order chi connectivity index (χ0) is 20.9. The van der Waals surface area contributed by atoms with Crippen LogP contribution in [0.25, 0.3) is 0 Å². The number of piperidine rings is 2. The van der Waals surface area contributed by atoms with Gasteiger partial charge >= 0.3 is 0 Å². The van der Waals surface area contributed by atoms with E-state index in [4.69, 9.17) is 0 Å². The molecule has 0 aliphatic carbocycles. The number of rotatable bonds is 5. The average Bonchev–Trinajstić information content (AvgIpc) is 2.79. The van der Waals surface area contributed by atoms with Crippen molar-refractivity contribution in [1.29, 1.82) is 0 Å². The highest BCUT2D eigenvalue weighted by molar-refractivity contribution is 5.78. The van der Waals surface area contributed by atoms with Gasteiger partial charge in [-0.25, -0.2) is 0 Å². The van der Waals surface area contributed by atoms with E-state index in [0.29, 0.717) is 12.5 Å². The van der Waals surface area contributed by atoms with Gasteiger partial charge in [-0.05, 0) is 74.2 Å². The van der Waals surface area contributed by atoms with Crippen molar-refractivity contribution in [1.82, 2.24) is 9.80 Å². The van der Waals surface area contributed by atoms with Crippen molar-refractivity contribution in [2.75, 3.05) is 26.2 Å². The first-order valence-electron chi connectivity index (χ1n) is 11.2. The summed E-state index contributed by atoms with van der Waals surface area (Å²) in [7, 11) is 0. The number of amides is 1. The number of aromatic hydroxyl groups is 2. The van der Waals surface area contributed by atoms with E-state index in [1.54, 1.807) is 24.3 Å². The van der Waals surface area contributed by atoms with Crippen LogP contribution in [0, 0.1) is 0 Å². The van der Waals surface area contributed by atoms with Crippen LogP contribution in [0.2, 0.25) is 0 Å². The molecular formula is C25H32N2O3. The Morgan fingerprint density at radius 3 is 2.23 bits per heavy atom. The predicted molar refractivity (Wildman–Crippen MR) is 118 cm³/mol. The van der Waals surface area contributed by atoms with Gasteiger partial charge in [0.2, 0.25) is 5.91 Å². The lowest BCUT2D eigenvalue weighted by molar-refractivity contribution is -0.133. The Labute approximate surface area is 178 Å². The van der Waals surface area contributed by atoms with E-state index < -0.39 is 0 Å². The van der Waals surface area contributed by atoms with Gasteiger partial charge in [0.1, 0.15) is 11.5 Å². The molecule has 2 aliphatic heterocycles. The minimum atomic E-state index is -0.148. The molecule has 1 atom stereocenters. The molecule has 0 saturated carbocycles. The van der Waals surface area contributed by atoms with Crippen molar-refractivity contribution in [3.8, 4) is 11.5 Å². The summed E-state index contributed by atoms with van der Waals surface area (Å²) in [5.41, 5.74) is 1.88. The van der Waals surface area contributed by atoms with E-state index in [1.165, 1.54) is 32.4 Å². The summed E-state index contributed by atoms with van der Waals surface area (Å²) in [6.07, 6.45) is 6.43. The number of carbonyl (C=O) groups excluding carboxylic acids is 1. The number of nitrogens with zero attached hydrogens (tertiary/aromatic N) is 2. The molecular weight excluding hydrogens is 376 g/mol. The van der Waals surface area contributed by atoms with Crippen LogP contribution >= 0.6 is 0 Å². The van der Waals surface area contributed by atoms with Crippen molar-refractivity contribution >= 4 is 5.91 Å². The minimum absolute atomic E-state index is 0.148. The second-order valence-electron chi connectivity index (χ2n) is 8.65. The molecule has 5 heteroatoms. The molecule has 4 rings (SSSR count). The van der Waals surface area contributed by atoms with Crippen LogP contribution in [-0.2, 0) is 4.79 Å². The quantitative estimate of drug-likeness (QED) is 0.782. The number of hydrogen-bond acceptors (Lipinski definition) is 4. The van der Waals surface area contributed by atoms with Gasteiger partial charge in [-0.2, -0.15) is 0 Å². The maximum Gasteiger partial charge on any atom is 0.223 e. The monoisotopic (exact) mass is 408 g/mol. The number of likely N-dealkylation sites (tertiary alicyclic amines) is 2. The lowest BCUT2D eigenvalue weighted by Crippen LogP contribution is -2.48. The van der Waals surface area contributed by atoms with Crippen molar-refractivity contribution in [3.05, 3.63) is 59.7 Å². The smallest absolute Gasteiger partial charge is 0.223 e. The fourth-order valence-electron chi connectivity index (χ4n) is 4.94. The molecule has 1 unspecified atom stereocenters. The largest absolute Gasteiger partial charge is 0.508 e. The van der Waals surface area contributed by atoms with E-state index in [0.717, 1.165) is 37.1 Å². The molecule has 2 aromatic carbocycles. The molecule has 2 aliphatic rings. The Balaban J connectivity index is 1.43. The Kier molecular flexibility index (Phi) is 6.58. The first-order chi connectivity index (χ1) is 14.6.